The summed E-state index contributed by atoms with van der Waals surface area (Å²) in [6, 6.07) is 17.9. The van der Waals surface area contributed by atoms with Crippen LogP contribution in [0.4, 0.5) is 5.69 Å². The number of nitrogens with one attached hydrogen (secondary N) is 1. The first-order valence-electron chi connectivity index (χ1n) is 13.9. The molecule has 2 saturated heterocycles. The second-order valence-corrected chi connectivity index (χ2v) is 10.9. The molecule has 9 nitrogen and oxygen atoms in total. The summed E-state index contributed by atoms with van der Waals surface area (Å²) in [5.74, 6) is -2.06. The molecule has 218 valence electrons. The Morgan fingerprint density at radius 1 is 0.976 bits per heavy atom. The standard InChI is InChI=1S/C22H27N5.C9H10O4.ClH/c1-2-4-20(5-3-1)27-22-16-21(7-6-18(22)17-24-27)25-12-8-19(9-13-25)26-14-10-23-11-15-26;1-9(8(12)13)4-2-3-6(5-9)7(10)11;/h1-7,16-17,19,23H,8-15H2;2-4H,5H2,1H3,(H,10,11)(H,12,13);1H. The van der Waals surface area contributed by atoms with Gasteiger partial charge in [-0.2, -0.15) is 5.10 Å². The molecule has 2 aliphatic heterocycles. The van der Waals surface area contributed by atoms with E-state index in [2.05, 4.69) is 62.7 Å². The Morgan fingerprint density at radius 2 is 1.68 bits per heavy atom. The third-order valence-corrected chi connectivity index (χ3v) is 8.14. The molecule has 3 aliphatic rings. The van der Waals surface area contributed by atoms with E-state index in [1.165, 1.54) is 67.7 Å². The van der Waals surface area contributed by atoms with Gasteiger partial charge in [-0.1, -0.05) is 36.4 Å². The highest BCUT2D eigenvalue weighted by molar-refractivity contribution is 5.90. The summed E-state index contributed by atoms with van der Waals surface area (Å²) in [5.41, 5.74) is 2.67. The lowest BCUT2D eigenvalue weighted by Gasteiger charge is -2.41. The van der Waals surface area contributed by atoms with Crippen LogP contribution in [-0.4, -0.2) is 82.1 Å². The van der Waals surface area contributed by atoms with Crippen LogP contribution in [0.2, 0.25) is 0 Å². The number of nitrogens with zero attached hydrogens (tertiary/aromatic N) is 4. The Hall–Kier alpha value is -3.66. The average Bonchev–Trinajstić information content (AvgIpc) is 3.42. The molecule has 0 saturated carbocycles. The lowest BCUT2D eigenvalue weighted by atomic mass is 9.80. The van der Waals surface area contributed by atoms with Crippen molar-refractivity contribution in [2.75, 3.05) is 44.2 Å². The minimum atomic E-state index is -1.08. The van der Waals surface area contributed by atoms with Gasteiger partial charge in [-0.05, 0) is 56.5 Å². The molecule has 1 aliphatic carbocycles. The summed E-state index contributed by atoms with van der Waals surface area (Å²) in [6.45, 7) is 8.46. The number of carbonyl (C=O) groups is 2. The first-order valence-corrected chi connectivity index (χ1v) is 13.9. The molecule has 2 aromatic carbocycles. The van der Waals surface area contributed by atoms with Crippen molar-refractivity contribution in [3.05, 3.63) is 78.5 Å². The van der Waals surface area contributed by atoms with Crippen molar-refractivity contribution in [3.63, 3.8) is 0 Å². The van der Waals surface area contributed by atoms with Crippen molar-refractivity contribution >= 4 is 40.9 Å². The highest BCUT2D eigenvalue weighted by atomic mass is 35.5. The first-order chi connectivity index (χ1) is 19.3. The number of aromatic nitrogens is 2. The highest BCUT2D eigenvalue weighted by Crippen LogP contribution is 2.31. The van der Waals surface area contributed by atoms with Gasteiger partial charge in [0, 0.05) is 62.0 Å². The molecule has 0 spiro atoms. The van der Waals surface area contributed by atoms with Gasteiger partial charge in [0.15, 0.2) is 0 Å². The van der Waals surface area contributed by atoms with E-state index in [-0.39, 0.29) is 24.4 Å². The molecule has 0 amide bonds. The zero-order valence-electron chi connectivity index (χ0n) is 23.3. The molecule has 3 aromatic rings. The smallest absolute Gasteiger partial charge is 0.331 e. The molecule has 10 heteroatoms. The Morgan fingerprint density at radius 3 is 2.34 bits per heavy atom. The maximum atomic E-state index is 10.8. The molecule has 3 heterocycles. The molecule has 0 bridgehead atoms. The molecule has 0 radical (unpaired) electrons. The van der Waals surface area contributed by atoms with Crippen molar-refractivity contribution < 1.29 is 19.8 Å². The van der Waals surface area contributed by atoms with Crippen LogP contribution in [0.5, 0.6) is 0 Å². The Labute approximate surface area is 246 Å². The number of benzene rings is 2. The number of piperidine rings is 1. The van der Waals surface area contributed by atoms with Crippen molar-refractivity contribution in [2.24, 2.45) is 5.41 Å². The van der Waals surface area contributed by atoms with Crippen LogP contribution in [0.3, 0.4) is 0 Å². The lowest BCUT2D eigenvalue weighted by Crippen LogP contribution is -2.52. The Balaban J connectivity index is 0.000000236. The SMILES string of the molecule is CC1(C(=O)O)C=CC=C(C(=O)O)C1.Cl.c1ccc(-n2ncc3ccc(N4CCC(N5CCNCC5)CC4)cc32)cc1. The minimum absolute atomic E-state index is 0. The fourth-order valence-electron chi connectivity index (χ4n) is 5.70. The summed E-state index contributed by atoms with van der Waals surface area (Å²) in [4.78, 5) is 26.6. The molecular weight excluding hydrogens is 542 g/mol. The van der Waals surface area contributed by atoms with Gasteiger partial charge in [0.05, 0.1) is 22.8 Å². The monoisotopic (exact) mass is 579 g/mol. The van der Waals surface area contributed by atoms with E-state index in [0.717, 1.165) is 37.9 Å². The first kappa shape index (κ1) is 30.3. The zero-order valence-corrected chi connectivity index (χ0v) is 24.1. The van der Waals surface area contributed by atoms with E-state index >= 15 is 0 Å². The van der Waals surface area contributed by atoms with Gasteiger partial charge in [0.2, 0.25) is 0 Å². The highest BCUT2D eigenvalue weighted by Gasteiger charge is 2.34. The third kappa shape index (κ3) is 6.98. The summed E-state index contributed by atoms with van der Waals surface area (Å²) in [7, 11) is 0. The van der Waals surface area contributed by atoms with Crippen LogP contribution in [0.15, 0.2) is 78.5 Å². The second-order valence-electron chi connectivity index (χ2n) is 10.9. The molecule has 6 rings (SSSR count). The molecule has 3 N–H and O–H groups in total. The number of carboxylic acids is 2. The predicted octanol–water partition coefficient (Wildman–Crippen LogP) is 4.37. The van der Waals surface area contributed by atoms with Gasteiger partial charge in [-0.25, -0.2) is 9.48 Å². The van der Waals surface area contributed by atoms with Crippen molar-refractivity contribution in [1.29, 1.82) is 0 Å². The molecule has 41 heavy (non-hydrogen) atoms. The van der Waals surface area contributed by atoms with Gasteiger partial charge < -0.3 is 20.4 Å². The van der Waals surface area contributed by atoms with E-state index in [1.807, 2.05) is 16.9 Å². The predicted molar refractivity (Wildman–Crippen MR) is 163 cm³/mol. The van der Waals surface area contributed by atoms with Crippen LogP contribution >= 0.6 is 12.4 Å². The van der Waals surface area contributed by atoms with Crippen molar-refractivity contribution in [3.8, 4) is 5.69 Å². The quantitative estimate of drug-likeness (QED) is 0.409. The van der Waals surface area contributed by atoms with E-state index in [1.54, 1.807) is 0 Å². The van der Waals surface area contributed by atoms with Crippen LogP contribution in [-0.2, 0) is 9.59 Å². The van der Waals surface area contributed by atoms with Crippen LogP contribution < -0.4 is 10.2 Å². The number of hydrogen-bond donors (Lipinski definition) is 3. The number of aliphatic carboxylic acids is 2. The Bertz CT molecular complexity index is 1410. The molecule has 1 unspecified atom stereocenters. The lowest BCUT2D eigenvalue weighted by molar-refractivity contribution is -0.145. The number of anilines is 1. The van der Waals surface area contributed by atoms with Gasteiger partial charge in [0.25, 0.3) is 0 Å². The maximum Gasteiger partial charge on any atom is 0.331 e. The zero-order chi connectivity index (χ0) is 28.1. The fraction of sp³-hybridized carbons (Fsp3) is 0.387. The minimum Gasteiger partial charge on any atom is -0.481 e. The molecule has 2 fully saturated rings. The summed E-state index contributed by atoms with van der Waals surface area (Å²) in [6.07, 6.45) is 8.92. The normalized spacial score (nSPS) is 21.4. The van der Waals surface area contributed by atoms with E-state index in [9.17, 15) is 9.59 Å². The third-order valence-electron chi connectivity index (χ3n) is 8.14. The summed E-state index contributed by atoms with van der Waals surface area (Å²) < 4.78 is 2.05. The van der Waals surface area contributed by atoms with Gasteiger partial charge in [-0.15, -0.1) is 12.4 Å². The molecule has 1 aromatic heterocycles. The van der Waals surface area contributed by atoms with Gasteiger partial charge >= 0.3 is 11.9 Å². The Kier molecular flexibility index (Phi) is 9.86. The summed E-state index contributed by atoms with van der Waals surface area (Å²) >= 11 is 0. The molecule has 1 atom stereocenters. The number of carboxylic acid groups (broad SMARTS) is 2. The topological polar surface area (TPSA) is 111 Å². The van der Waals surface area contributed by atoms with E-state index in [4.69, 9.17) is 10.2 Å². The molecular formula is C31H38ClN5O4. The second kappa shape index (κ2) is 13.3. The number of fused-ring (bicyclic) bond motifs is 1. The van der Waals surface area contributed by atoms with Crippen molar-refractivity contribution in [1.82, 2.24) is 20.0 Å². The maximum absolute atomic E-state index is 10.8. The number of para-hydroxylation sites is 1. The fourth-order valence-corrected chi connectivity index (χ4v) is 5.70. The van der Waals surface area contributed by atoms with Crippen LogP contribution in [0.1, 0.15) is 26.2 Å². The largest absolute Gasteiger partial charge is 0.481 e. The van der Waals surface area contributed by atoms with E-state index < -0.39 is 17.4 Å². The number of rotatable bonds is 5. The number of halogens is 1. The number of piperazine rings is 1. The average molecular weight is 580 g/mol. The van der Waals surface area contributed by atoms with Gasteiger partial charge in [-0.3, -0.25) is 9.69 Å². The van der Waals surface area contributed by atoms with Crippen molar-refractivity contribution in [2.45, 2.75) is 32.2 Å². The summed E-state index contributed by atoms with van der Waals surface area (Å²) in [5, 5.41) is 26.7. The number of allylic oxidation sites excluding steroid dienone is 2. The number of hydrogen-bond acceptors (Lipinski definition) is 6. The van der Waals surface area contributed by atoms with Crippen LogP contribution in [0, 0.1) is 5.41 Å². The van der Waals surface area contributed by atoms with E-state index in [0.29, 0.717) is 0 Å². The van der Waals surface area contributed by atoms with Gasteiger partial charge in [0.1, 0.15) is 0 Å². The van der Waals surface area contributed by atoms with Crippen LogP contribution in [0.25, 0.3) is 16.6 Å².